The molecule has 2 aliphatic rings. The van der Waals surface area contributed by atoms with Crippen LogP contribution < -0.4 is 9.64 Å². The number of piperidine rings is 1. The summed E-state index contributed by atoms with van der Waals surface area (Å²) in [6, 6.07) is 3.82. The third-order valence-electron chi connectivity index (χ3n) is 5.50. The normalized spacial score (nSPS) is 19.4. The smallest absolute Gasteiger partial charge is 0.410 e. The van der Waals surface area contributed by atoms with E-state index in [-0.39, 0.29) is 6.09 Å². The Labute approximate surface area is 185 Å². The van der Waals surface area contributed by atoms with E-state index >= 15 is 0 Å². The molecule has 0 radical (unpaired) electrons. The topological polar surface area (TPSA) is 92.3 Å². The van der Waals surface area contributed by atoms with Crippen LogP contribution in [0.2, 0.25) is 0 Å². The van der Waals surface area contributed by atoms with E-state index in [9.17, 15) is 13.2 Å². The summed E-state index contributed by atoms with van der Waals surface area (Å²) in [5, 5.41) is 0. The fourth-order valence-electron chi connectivity index (χ4n) is 3.72. The van der Waals surface area contributed by atoms with Gasteiger partial charge in [0.05, 0.1) is 19.1 Å². The third kappa shape index (κ3) is 6.96. The molecule has 0 N–H and O–H groups in total. The summed E-state index contributed by atoms with van der Waals surface area (Å²) in [4.78, 5) is 20.5. The number of ether oxygens (including phenoxy) is 2. The number of aromatic nitrogens is 1. The number of piperazine rings is 1. The number of sulfonamides is 1. The molecule has 0 spiro atoms. The molecule has 1 amide bonds. The molecule has 2 saturated heterocycles. The lowest BCUT2D eigenvalue weighted by Crippen LogP contribution is -2.48. The van der Waals surface area contributed by atoms with Crippen molar-refractivity contribution in [3.8, 4) is 5.75 Å². The van der Waals surface area contributed by atoms with Gasteiger partial charge < -0.3 is 19.3 Å². The Bertz CT molecular complexity index is 838. The van der Waals surface area contributed by atoms with Crippen molar-refractivity contribution in [1.29, 1.82) is 0 Å². The van der Waals surface area contributed by atoms with Crippen LogP contribution in [-0.2, 0) is 14.8 Å². The molecule has 0 atom stereocenters. The van der Waals surface area contributed by atoms with Gasteiger partial charge in [-0.05, 0) is 51.7 Å². The number of hydrogen-bond acceptors (Lipinski definition) is 7. The van der Waals surface area contributed by atoms with Crippen LogP contribution in [0.15, 0.2) is 18.3 Å². The van der Waals surface area contributed by atoms with Gasteiger partial charge in [-0.1, -0.05) is 0 Å². The summed E-state index contributed by atoms with van der Waals surface area (Å²) in [6.45, 7) is 9.77. The van der Waals surface area contributed by atoms with Gasteiger partial charge in [0.1, 0.15) is 17.2 Å². The standard InChI is InChI=1S/C21H34N4O5S/c1-21(2,3)30-20(26)24-9-7-17(8-10-24)16-29-18-5-6-19(22-15-18)23-11-13-25(14-12-23)31(4,27)28/h5-6,15,17H,7-14,16H2,1-4H3. The van der Waals surface area contributed by atoms with Crippen LogP contribution in [0.1, 0.15) is 33.6 Å². The summed E-state index contributed by atoms with van der Waals surface area (Å²) in [5.74, 6) is 1.93. The van der Waals surface area contributed by atoms with Crippen LogP contribution in [0.25, 0.3) is 0 Å². The lowest BCUT2D eigenvalue weighted by molar-refractivity contribution is 0.0165. The van der Waals surface area contributed by atoms with Crippen molar-refractivity contribution >= 4 is 21.9 Å². The number of nitrogens with zero attached hydrogens (tertiary/aromatic N) is 4. The van der Waals surface area contributed by atoms with Gasteiger partial charge in [0.25, 0.3) is 0 Å². The SMILES string of the molecule is CC(C)(C)OC(=O)N1CCC(COc2ccc(N3CCN(S(C)(=O)=O)CC3)nc2)CC1. The molecule has 0 bridgehead atoms. The quantitative estimate of drug-likeness (QED) is 0.673. The average molecular weight is 455 g/mol. The van der Waals surface area contributed by atoms with Gasteiger partial charge in [-0.3, -0.25) is 0 Å². The van der Waals surface area contributed by atoms with E-state index in [0.29, 0.717) is 57.5 Å². The minimum atomic E-state index is -3.14. The highest BCUT2D eigenvalue weighted by Crippen LogP contribution is 2.22. The molecule has 174 valence electrons. The highest BCUT2D eigenvalue weighted by Gasteiger charge is 2.27. The molecule has 2 fully saturated rings. The Balaban J connectivity index is 1.41. The molecule has 2 aliphatic heterocycles. The molecular formula is C21H34N4O5S. The molecule has 0 saturated carbocycles. The van der Waals surface area contributed by atoms with Crippen molar-refractivity contribution in [3.05, 3.63) is 18.3 Å². The Kier molecular flexibility index (Phi) is 7.31. The zero-order valence-corrected chi connectivity index (χ0v) is 19.7. The predicted molar refractivity (Wildman–Crippen MR) is 119 cm³/mol. The summed E-state index contributed by atoms with van der Waals surface area (Å²) < 4.78 is 36.1. The molecule has 3 rings (SSSR count). The lowest BCUT2D eigenvalue weighted by Gasteiger charge is -2.34. The maximum absolute atomic E-state index is 12.2. The maximum Gasteiger partial charge on any atom is 0.410 e. The van der Waals surface area contributed by atoms with Gasteiger partial charge in [0, 0.05) is 39.3 Å². The van der Waals surface area contributed by atoms with Crippen LogP contribution >= 0.6 is 0 Å². The summed E-state index contributed by atoms with van der Waals surface area (Å²) in [5.41, 5.74) is -0.475. The van der Waals surface area contributed by atoms with Gasteiger partial charge >= 0.3 is 6.09 Å². The monoisotopic (exact) mass is 454 g/mol. The number of amides is 1. The molecule has 0 aromatic carbocycles. The van der Waals surface area contributed by atoms with Gasteiger partial charge in [-0.2, -0.15) is 4.31 Å². The average Bonchev–Trinajstić information content (AvgIpc) is 2.71. The maximum atomic E-state index is 12.2. The molecule has 31 heavy (non-hydrogen) atoms. The van der Waals surface area contributed by atoms with Crippen LogP contribution in [-0.4, -0.2) is 86.4 Å². The van der Waals surface area contributed by atoms with Crippen LogP contribution in [0, 0.1) is 5.92 Å². The van der Waals surface area contributed by atoms with Crippen LogP contribution in [0.5, 0.6) is 5.75 Å². The number of pyridine rings is 1. The number of carbonyl (C=O) groups excluding carboxylic acids is 1. The van der Waals surface area contributed by atoms with Gasteiger partial charge in [0.2, 0.25) is 10.0 Å². The molecule has 3 heterocycles. The second-order valence-electron chi connectivity index (χ2n) is 9.22. The Morgan fingerprint density at radius 1 is 1.10 bits per heavy atom. The second-order valence-corrected chi connectivity index (χ2v) is 11.2. The number of rotatable bonds is 5. The minimum absolute atomic E-state index is 0.246. The highest BCUT2D eigenvalue weighted by atomic mass is 32.2. The first-order valence-electron chi connectivity index (χ1n) is 10.8. The van der Waals surface area contributed by atoms with E-state index in [1.54, 1.807) is 11.1 Å². The first-order valence-corrected chi connectivity index (χ1v) is 12.6. The fourth-order valence-corrected chi connectivity index (χ4v) is 4.54. The van der Waals surface area contributed by atoms with Crippen molar-refractivity contribution in [2.75, 3.05) is 57.0 Å². The van der Waals surface area contributed by atoms with E-state index < -0.39 is 15.6 Å². The van der Waals surface area contributed by atoms with Gasteiger partial charge in [0.15, 0.2) is 0 Å². The minimum Gasteiger partial charge on any atom is -0.492 e. The lowest BCUT2D eigenvalue weighted by atomic mass is 9.98. The number of hydrogen-bond donors (Lipinski definition) is 0. The first-order chi connectivity index (χ1) is 14.5. The highest BCUT2D eigenvalue weighted by molar-refractivity contribution is 7.88. The van der Waals surface area contributed by atoms with Crippen molar-refractivity contribution < 1.29 is 22.7 Å². The van der Waals surface area contributed by atoms with Gasteiger partial charge in [-0.15, -0.1) is 0 Å². The largest absolute Gasteiger partial charge is 0.492 e. The van der Waals surface area contributed by atoms with Crippen LogP contribution in [0.3, 0.4) is 0 Å². The van der Waals surface area contributed by atoms with E-state index in [1.165, 1.54) is 10.6 Å². The van der Waals surface area contributed by atoms with Crippen molar-refractivity contribution in [1.82, 2.24) is 14.2 Å². The fraction of sp³-hybridized carbons (Fsp3) is 0.714. The molecule has 0 aliphatic carbocycles. The van der Waals surface area contributed by atoms with Crippen molar-refractivity contribution in [3.63, 3.8) is 0 Å². The number of carbonyl (C=O) groups is 1. The Morgan fingerprint density at radius 2 is 1.74 bits per heavy atom. The first kappa shape index (κ1) is 23.6. The number of anilines is 1. The number of likely N-dealkylation sites (tertiary alicyclic amines) is 1. The zero-order valence-electron chi connectivity index (χ0n) is 18.9. The van der Waals surface area contributed by atoms with Crippen LogP contribution in [0.4, 0.5) is 10.6 Å². The Hall–Kier alpha value is -2.07. The molecular weight excluding hydrogens is 420 g/mol. The Morgan fingerprint density at radius 3 is 2.26 bits per heavy atom. The van der Waals surface area contributed by atoms with E-state index in [2.05, 4.69) is 9.88 Å². The predicted octanol–water partition coefficient (Wildman–Crippen LogP) is 2.19. The summed E-state index contributed by atoms with van der Waals surface area (Å²) >= 11 is 0. The second kappa shape index (κ2) is 9.60. The molecule has 1 aromatic heterocycles. The van der Waals surface area contributed by atoms with E-state index in [1.807, 2.05) is 32.9 Å². The third-order valence-corrected chi connectivity index (χ3v) is 6.81. The summed E-state index contributed by atoms with van der Waals surface area (Å²) in [6.07, 6.45) is 4.48. The van der Waals surface area contributed by atoms with E-state index in [4.69, 9.17) is 9.47 Å². The van der Waals surface area contributed by atoms with Gasteiger partial charge in [-0.25, -0.2) is 18.2 Å². The van der Waals surface area contributed by atoms with E-state index in [0.717, 1.165) is 18.7 Å². The molecule has 9 nitrogen and oxygen atoms in total. The molecule has 10 heteroatoms. The zero-order chi connectivity index (χ0) is 22.6. The molecule has 0 unspecified atom stereocenters. The molecule has 1 aromatic rings. The van der Waals surface area contributed by atoms with Crippen molar-refractivity contribution in [2.24, 2.45) is 5.92 Å². The van der Waals surface area contributed by atoms with Crippen molar-refractivity contribution in [2.45, 2.75) is 39.2 Å². The summed E-state index contributed by atoms with van der Waals surface area (Å²) in [7, 11) is -3.14.